The van der Waals surface area contributed by atoms with Crippen LogP contribution in [0.5, 0.6) is 0 Å². The van der Waals surface area contributed by atoms with Crippen LogP contribution < -0.4 is 5.56 Å². The first kappa shape index (κ1) is 21.0. The Bertz CT molecular complexity index is 1090. The van der Waals surface area contributed by atoms with Crippen molar-refractivity contribution in [2.45, 2.75) is 49.8 Å². The lowest BCUT2D eigenvalue weighted by atomic mass is 9.95. The number of fused-ring (bicyclic) bond motifs is 1. The summed E-state index contributed by atoms with van der Waals surface area (Å²) in [7, 11) is 1.74. The van der Waals surface area contributed by atoms with Gasteiger partial charge in [-0.1, -0.05) is 42.6 Å². The molecule has 1 amide bonds. The predicted octanol–water partition coefficient (Wildman–Crippen LogP) is 4.90. The Morgan fingerprint density at radius 2 is 2.10 bits per heavy atom. The zero-order valence-corrected chi connectivity index (χ0v) is 18.4. The van der Waals surface area contributed by atoms with Crippen LogP contribution in [-0.4, -0.2) is 33.2 Å². The minimum atomic E-state index is -0.0533. The molecule has 1 aromatic carbocycles. The lowest BCUT2D eigenvalue weighted by Gasteiger charge is -2.26. The van der Waals surface area contributed by atoms with Crippen LogP contribution in [0.1, 0.15) is 43.9 Å². The van der Waals surface area contributed by atoms with Crippen LogP contribution in [0.25, 0.3) is 10.9 Å². The number of aromatic nitrogens is 2. The van der Waals surface area contributed by atoms with Crippen molar-refractivity contribution in [3.63, 3.8) is 0 Å². The van der Waals surface area contributed by atoms with E-state index in [0.29, 0.717) is 27.6 Å². The molecule has 0 radical (unpaired) electrons. The summed E-state index contributed by atoms with van der Waals surface area (Å²) in [6, 6.07) is 8.93. The highest BCUT2D eigenvalue weighted by Crippen LogP contribution is 2.31. The van der Waals surface area contributed by atoms with Crippen molar-refractivity contribution in [1.29, 1.82) is 0 Å². The average molecular weight is 446 g/mol. The minimum Gasteiger partial charge on any atom is -0.467 e. The van der Waals surface area contributed by atoms with E-state index in [9.17, 15) is 9.59 Å². The van der Waals surface area contributed by atoms with Crippen molar-refractivity contribution in [2.24, 2.45) is 0 Å². The molecule has 0 unspecified atom stereocenters. The molecule has 0 bridgehead atoms. The Morgan fingerprint density at radius 3 is 2.83 bits per heavy atom. The monoisotopic (exact) mass is 445 g/mol. The number of hydrogen-bond donors (Lipinski definition) is 0. The standard InChI is InChI=1S/C22H24ClN3O3S/c1-25(13-17-8-5-11-29-17)20(27)14-30-22-24-19-12-15(23)9-10-18(19)21(28)26(22)16-6-3-2-4-7-16/h5,8-12,16H,2-4,6-7,13-14H2,1H3. The lowest BCUT2D eigenvalue weighted by Crippen LogP contribution is -2.30. The third-order valence-electron chi connectivity index (χ3n) is 5.49. The van der Waals surface area contributed by atoms with Crippen molar-refractivity contribution >= 4 is 40.2 Å². The summed E-state index contributed by atoms with van der Waals surface area (Å²) in [5.74, 6) is 0.878. The van der Waals surface area contributed by atoms with Crippen molar-refractivity contribution in [3.05, 3.63) is 57.7 Å². The molecule has 1 saturated carbocycles. The number of nitrogens with zero attached hydrogens (tertiary/aromatic N) is 3. The van der Waals surface area contributed by atoms with Gasteiger partial charge in [0, 0.05) is 18.1 Å². The van der Waals surface area contributed by atoms with Crippen molar-refractivity contribution in [2.75, 3.05) is 12.8 Å². The van der Waals surface area contributed by atoms with Crippen LogP contribution in [0.15, 0.2) is 51.0 Å². The van der Waals surface area contributed by atoms with Gasteiger partial charge in [0.2, 0.25) is 5.91 Å². The first-order valence-corrected chi connectivity index (χ1v) is 11.5. The van der Waals surface area contributed by atoms with Gasteiger partial charge in [0.25, 0.3) is 5.56 Å². The van der Waals surface area contributed by atoms with Crippen LogP contribution in [-0.2, 0) is 11.3 Å². The number of thioether (sulfide) groups is 1. The number of rotatable bonds is 6. The fourth-order valence-corrected chi connectivity index (χ4v) is 5.05. The van der Waals surface area contributed by atoms with Gasteiger partial charge in [-0.25, -0.2) is 4.98 Å². The van der Waals surface area contributed by atoms with E-state index in [1.54, 1.807) is 47.0 Å². The van der Waals surface area contributed by atoms with E-state index >= 15 is 0 Å². The molecule has 0 spiro atoms. The number of halogens is 1. The molecular formula is C22H24ClN3O3S. The third kappa shape index (κ3) is 4.57. The molecule has 158 valence electrons. The SMILES string of the molecule is CN(Cc1ccco1)C(=O)CSc1nc2cc(Cl)ccc2c(=O)n1C1CCCCC1. The van der Waals surface area contributed by atoms with Crippen LogP contribution in [0, 0.1) is 0 Å². The van der Waals surface area contributed by atoms with E-state index in [1.807, 2.05) is 6.07 Å². The summed E-state index contributed by atoms with van der Waals surface area (Å²) in [6.45, 7) is 0.405. The topological polar surface area (TPSA) is 68.3 Å². The second-order valence-electron chi connectivity index (χ2n) is 7.64. The normalized spacial score (nSPS) is 14.9. The van der Waals surface area contributed by atoms with Gasteiger partial charge in [-0.3, -0.25) is 14.2 Å². The number of benzene rings is 1. The molecule has 1 aliphatic rings. The molecule has 0 N–H and O–H groups in total. The van der Waals surface area contributed by atoms with E-state index in [1.165, 1.54) is 18.2 Å². The molecule has 2 aromatic heterocycles. The maximum absolute atomic E-state index is 13.3. The molecule has 3 aromatic rings. The molecule has 4 rings (SSSR count). The number of hydrogen-bond acceptors (Lipinski definition) is 5. The summed E-state index contributed by atoms with van der Waals surface area (Å²) >= 11 is 7.43. The first-order valence-electron chi connectivity index (χ1n) is 10.1. The van der Waals surface area contributed by atoms with Gasteiger partial charge in [0.15, 0.2) is 5.16 Å². The molecule has 0 saturated heterocycles. The maximum atomic E-state index is 13.3. The lowest BCUT2D eigenvalue weighted by molar-refractivity contribution is -0.127. The molecule has 2 heterocycles. The molecule has 0 aliphatic heterocycles. The fraction of sp³-hybridized carbons (Fsp3) is 0.409. The van der Waals surface area contributed by atoms with Gasteiger partial charge >= 0.3 is 0 Å². The third-order valence-corrected chi connectivity index (χ3v) is 6.67. The molecule has 1 aliphatic carbocycles. The summed E-state index contributed by atoms with van der Waals surface area (Å²) in [5, 5.41) is 1.69. The minimum absolute atomic E-state index is 0.0490. The highest BCUT2D eigenvalue weighted by Gasteiger charge is 2.23. The molecule has 1 fully saturated rings. The summed E-state index contributed by atoms with van der Waals surface area (Å²) < 4.78 is 7.13. The molecule has 6 nitrogen and oxygen atoms in total. The Kier molecular flexibility index (Phi) is 6.49. The van der Waals surface area contributed by atoms with Gasteiger partial charge in [0.1, 0.15) is 5.76 Å². The van der Waals surface area contributed by atoms with E-state index < -0.39 is 0 Å². The van der Waals surface area contributed by atoms with E-state index in [4.69, 9.17) is 21.0 Å². The molecular weight excluding hydrogens is 422 g/mol. The Morgan fingerprint density at radius 1 is 1.30 bits per heavy atom. The predicted molar refractivity (Wildman–Crippen MR) is 119 cm³/mol. The number of carbonyl (C=O) groups is 1. The van der Waals surface area contributed by atoms with E-state index in [-0.39, 0.29) is 23.3 Å². The average Bonchev–Trinajstić information content (AvgIpc) is 3.25. The van der Waals surface area contributed by atoms with Crippen LogP contribution in [0.4, 0.5) is 0 Å². The van der Waals surface area contributed by atoms with Gasteiger partial charge < -0.3 is 9.32 Å². The first-order chi connectivity index (χ1) is 14.5. The zero-order chi connectivity index (χ0) is 21.1. The van der Waals surface area contributed by atoms with Crippen LogP contribution in [0.2, 0.25) is 5.02 Å². The zero-order valence-electron chi connectivity index (χ0n) is 16.8. The summed E-state index contributed by atoms with van der Waals surface area (Å²) in [6.07, 6.45) is 6.91. The fourth-order valence-electron chi connectivity index (χ4n) is 3.88. The maximum Gasteiger partial charge on any atom is 0.262 e. The summed E-state index contributed by atoms with van der Waals surface area (Å²) in [4.78, 5) is 32.3. The molecule has 8 heteroatoms. The highest BCUT2D eigenvalue weighted by atomic mass is 35.5. The Labute approximate surface area is 184 Å². The number of amides is 1. The van der Waals surface area contributed by atoms with Gasteiger partial charge in [0.05, 0.1) is 29.5 Å². The smallest absolute Gasteiger partial charge is 0.262 e. The van der Waals surface area contributed by atoms with Crippen molar-refractivity contribution in [1.82, 2.24) is 14.5 Å². The second-order valence-corrected chi connectivity index (χ2v) is 9.02. The van der Waals surface area contributed by atoms with E-state index in [0.717, 1.165) is 31.4 Å². The van der Waals surface area contributed by atoms with Gasteiger partial charge in [-0.05, 0) is 43.2 Å². The van der Waals surface area contributed by atoms with Crippen molar-refractivity contribution in [3.8, 4) is 0 Å². The molecule has 0 atom stereocenters. The Hall–Kier alpha value is -2.25. The van der Waals surface area contributed by atoms with E-state index in [2.05, 4.69) is 0 Å². The van der Waals surface area contributed by atoms with Gasteiger partial charge in [-0.2, -0.15) is 0 Å². The highest BCUT2D eigenvalue weighted by molar-refractivity contribution is 7.99. The quantitative estimate of drug-likeness (QED) is 0.398. The largest absolute Gasteiger partial charge is 0.467 e. The number of carbonyl (C=O) groups excluding carboxylic acids is 1. The summed E-state index contributed by atoms with van der Waals surface area (Å²) in [5.41, 5.74) is 0.515. The number of furan rings is 1. The van der Waals surface area contributed by atoms with Gasteiger partial charge in [-0.15, -0.1) is 0 Å². The van der Waals surface area contributed by atoms with Crippen LogP contribution in [0.3, 0.4) is 0 Å². The van der Waals surface area contributed by atoms with Crippen molar-refractivity contribution < 1.29 is 9.21 Å². The second kappa shape index (κ2) is 9.27. The van der Waals surface area contributed by atoms with Crippen LogP contribution >= 0.6 is 23.4 Å². The Balaban J connectivity index is 1.61. The molecule has 30 heavy (non-hydrogen) atoms.